The summed E-state index contributed by atoms with van der Waals surface area (Å²) in [6.07, 6.45) is 0.921. The number of aromatic nitrogens is 1. The number of carbonyl (C=O) groups is 1. The van der Waals surface area contributed by atoms with Crippen LogP contribution in [-0.4, -0.2) is 51.0 Å². The fourth-order valence-electron chi connectivity index (χ4n) is 2.94. The van der Waals surface area contributed by atoms with Gasteiger partial charge in [0.25, 0.3) is 5.91 Å². The lowest BCUT2D eigenvalue weighted by Crippen LogP contribution is -2.41. The molecule has 0 atom stereocenters. The third kappa shape index (κ3) is 3.51. The first-order chi connectivity index (χ1) is 11.4. The van der Waals surface area contributed by atoms with Crippen molar-refractivity contribution in [3.05, 3.63) is 36.0 Å². The molecule has 1 N–H and O–H groups in total. The molecule has 2 heterocycles. The van der Waals surface area contributed by atoms with Gasteiger partial charge >= 0.3 is 0 Å². The molecule has 24 heavy (non-hydrogen) atoms. The van der Waals surface area contributed by atoms with Crippen LogP contribution in [0.1, 0.15) is 23.3 Å². The minimum Gasteiger partial charge on any atom is -0.377 e. The largest absolute Gasteiger partial charge is 0.377 e. The van der Waals surface area contributed by atoms with Crippen LogP contribution in [0.15, 0.2) is 30.3 Å². The van der Waals surface area contributed by atoms with Crippen LogP contribution in [0, 0.1) is 0 Å². The number of para-hydroxylation sites is 1. The molecule has 0 saturated carbocycles. The van der Waals surface area contributed by atoms with Crippen molar-refractivity contribution in [2.75, 3.05) is 30.5 Å². The van der Waals surface area contributed by atoms with Gasteiger partial charge in [-0.05, 0) is 25.0 Å². The van der Waals surface area contributed by atoms with Crippen LogP contribution in [0.4, 0.5) is 5.69 Å². The molecular weight excluding hydrogens is 326 g/mol. The van der Waals surface area contributed by atoms with E-state index in [0.29, 0.717) is 18.5 Å². The fourth-order valence-corrected chi connectivity index (χ4v) is 4.43. The van der Waals surface area contributed by atoms with Gasteiger partial charge in [0.15, 0.2) is 0 Å². The molecular formula is C17H21N3O3S. The first-order valence-electron chi connectivity index (χ1n) is 7.94. The van der Waals surface area contributed by atoms with Crippen LogP contribution < -0.4 is 10.2 Å². The summed E-state index contributed by atoms with van der Waals surface area (Å²) in [5.74, 6) is 0.00565. The molecule has 1 aliphatic rings. The molecule has 128 valence electrons. The number of hydrogen-bond donors (Lipinski definition) is 1. The second-order valence-corrected chi connectivity index (χ2v) is 8.64. The maximum absolute atomic E-state index is 12.6. The van der Waals surface area contributed by atoms with Gasteiger partial charge in [0.2, 0.25) is 0 Å². The van der Waals surface area contributed by atoms with E-state index in [1.54, 1.807) is 6.07 Å². The highest BCUT2D eigenvalue weighted by atomic mass is 32.2. The molecule has 0 unspecified atom stereocenters. The van der Waals surface area contributed by atoms with E-state index in [1.165, 1.54) is 0 Å². The van der Waals surface area contributed by atoms with Crippen LogP contribution in [0.2, 0.25) is 0 Å². The Labute approximate surface area is 141 Å². The van der Waals surface area contributed by atoms with Crippen molar-refractivity contribution < 1.29 is 13.2 Å². The highest BCUT2D eigenvalue weighted by Crippen LogP contribution is 2.25. The lowest BCUT2D eigenvalue weighted by molar-refractivity contribution is 0.0929. The first-order valence-corrected chi connectivity index (χ1v) is 9.76. The number of hydrogen-bond acceptors (Lipinski definition) is 5. The van der Waals surface area contributed by atoms with Gasteiger partial charge in [-0.1, -0.05) is 18.2 Å². The highest BCUT2D eigenvalue weighted by molar-refractivity contribution is 7.91. The van der Waals surface area contributed by atoms with Crippen molar-refractivity contribution in [2.24, 2.45) is 0 Å². The summed E-state index contributed by atoms with van der Waals surface area (Å²) < 4.78 is 23.0. The fraction of sp³-hybridized carbons (Fsp3) is 0.412. The third-order valence-corrected chi connectivity index (χ3v) is 6.01. The molecule has 2 aromatic rings. The summed E-state index contributed by atoms with van der Waals surface area (Å²) >= 11 is 0. The van der Waals surface area contributed by atoms with Crippen LogP contribution in [-0.2, 0) is 9.84 Å². The van der Waals surface area contributed by atoms with Crippen LogP contribution in [0.25, 0.3) is 10.9 Å². The van der Waals surface area contributed by atoms with Crippen molar-refractivity contribution in [3.63, 3.8) is 0 Å². The second-order valence-electron chi connectivity index (χ2n) is 6.34. The van der Waals surface area contributed by atoms with Crippen LogP contribution >= 0.6 is 0 Å². The molecule has 0 spiro atoms. The standard InChI is InChI=1S/C17H21N3O3S/c1-20(2)16-11-15(19-14-6-4-3-5-13(14)16)17(21)18-12-7-9-24(22,23)10-8-12/h3-6,11-12H,7-10H2,1-2H3,(H,18,21). The Morgan fingerprint density at radius 1 is 1.21 bits per heavy atom. The van der Waals surface area contributed by atoms with Crippen LogP contribution in [0.3, 0.4) is 0 Å². The minimum atomic E-state index is -2.94. The van der Waals surface area contributed by atoms with E-state index in [0.717, 1.165) is 16.6 Å². The summed E-state index contributed by atoms with van der Waals surface area (Å²) in [6.45, 7) is 0. The summed E-state index contributed by atoms with van der Waals surface area (Å²) in [7, 11) is 0.916. The third-order valence-electron chi connectivity index (χ3n) is 4.30. The van der Waals surface area contributed by atoms with E-state index >= 15 is 0 Å². The van der Waals surface area contributed by atoms with E-state index < -0.39 is 9.84 Å². The van der Waals surface area contributed by atoms with Gasteiger partial charge in [-0.25, -0.2) is 13.4 Å². The Bertz CT molecular complexity index is 864. The first kappa shape index (κ1) is 16.7. The molecule has 1 saturated heterocycles. The molecule has 1 aromatic carbocycles. The molecule has 1 amide bonds. The molecule has 1 aliphatic heterocycles. The van der Waals surface area contributed by atoms with Gasteiger partial charge in [0, 0.05) is 31.2 Å². The molecule has 0 radical (unpaired) electrons. The summed E-state index contributed by atoms with van der Waals surface area (Å²) in [5, 5.41) is 3.91. The van der Waals surface area contributed by atoms with E-state index in [9.17, 15) is 13.2 Å². The molecule has 0 bridgehead atoms. The zero-order valence-corrected chi connectivity index (χ0v) is 14.6. The Hall–Kier alpha value is -2.15. The predicted molar refractivity (Wildman–Crippen MR) is 95.2 cm³/mol. The number of benzene rings is 1. The summed E-state index contributed by atoms with van der Waals surface area (Å²) in [5.41, 5.74) is 2.04. The zero-order chi connectivity index (χ0) is 17.3. The van der Waals surface area contributed by atoms with Crippen LogP contribution in [0.5, 0.6) is 0 Å². The minimum absolute atomic E-state index is 0.114. The maximum atomic E-state index is 12.6. The Balaban J connectivity index is 1.85. The Morgan fingerprint density at radius 2 is 1.88 bits per heavy atom. The zero-order valence-electron chi connectivity index (χ0n) is 13.8. The van der Waals surface area contributed by atoms with Gasteiger partial charge < -0.3 is 10.2 Å². The average Bonchev–Trinajstić information content (AvgIpc) is 2.55. The molecule has 7 heteroatoms. The van der Waals surface area contributed by atoms with E-state index in [1.807, 2.05) is 43.3 Å². The smallest absolute Gasteiger partial charge is 0.270 e. The lowest BCUT2D eigenvalue weighted by atomic mass is 10.1. The number of rotatable bonds is 3. The number of nitrogens with zero attached hydrogens (tertiary/aromatic N) is 2. The molecule has 6 nitrogen and oxygen atoms in total. The molecule has 3 rings (SSSR count). The monoisotopic (exact) mass is 347 g/mol. The highest BCUT2D eigenvalue weighted by Gasteiger charge is 2.25. The van der Waals surface area contributed by atoms with Gasteiger partial charge in [-0.2, -0.15) is 0 Å². The maximum Gasteiger partial charge on any atom is 0.270 e. The summed E-state index contributed by atoms with van der Waals surface area (Å²) in [6, 6.07) is 9.36. The number of carbonyl (C=O) groups excluding carboxylic acids is 1. The number of pyridine rings is 1. The van der Waals surface area contributed by atoms with Crippen molar-refractivity contribution >= 4 is 32.3 Å². The number of nitrogens with one attached hydrogen (secondary N) is 1. The molecule has 1 aromatic heterocycles. The number of sulfone groups is 1. The Morgan fingerprint density at radius 3 is 2.54 bits per heavy atom. The van der Waals surface area contributed by atoms with E-state index in [4.69, 9.17) is 0 Å². The lowest BCUT2D eigenvalue weighted by Gasteiger charge is -2.23. The van der Waals surface area contributed by atoms with Crippen molar-refractivity contribution in [3.8, 4) is 0 Å². The average molecular weight is 347 g/mol. The normalized spacial score (nSPS) is 17.6. The number of amides is 1. The van der Waals surface area contributed by atoms with Crippen molar-refractivity contribution in [2.45, 2.75) is 18.9 Å². The topological polar surface area (TPSA) is 79.4 Å². The number of fused-ring (bicyclic) bond motifs is 1. The predicted octanol–water partition coefficient (Wildman–Crippen LogP) is 1.61. The molecule has 1 fully saturated rings. The van der Waals surface area contributed by atoms with E-state index in [-0.39, 0.29) is 23.5 Å². The van der Waals surface area contributed by atoms with E-state index in [2.05, 4.69) is 10.3 Å². The molecule has 0 aliphatic carbocycles. The SMILES string of the molecule is CN(C)c1cc(C(=O)NC2CCS(=O)(=O)CC2)nc2ccccc12. The number of anilines is 1. The Kier molecular flexibility index (Phi) is 4.45. The quantitative estimate of drug-likeness (QED) is 0.912. The van der Waals surface area contributed by atoms with Gasteiger partial charge in [-0.15, -0.1) is 0 Å². The summed E-state index contributed by atoms with van der Waals surface area (Å²) in [4.78, 5) is 19.0. The van der Waals surface area contributed by atoms with Gasteiger partial charge in [-0.3, -0.25) is 4.79 Å². The van der Waals surface area contributed by atoms with Gasteiger partial charge in [0.1, 0.15) is 15.5 Å². The second kappa shape index (κ2) is 6.39. The van der Waals surface area contributed by atoms with Crippen molar-refractivity contribution in [1.29, 1.82) is 0 Å². The van der Waals surface area contributed by atoms with Crippen molar-refractivity contribution in [1.82, 2.24) is 10.3 Å². The van der Waals surface area contributed by atoms with Gasteiger partial charge in [0.05, 0.1) is 17.0 Å².